The van der Waals surface area contributed by atoms with Crippen LogP contribution in [0.3, 0.4) is 0 Å². The summed E-state index contributed by atoms with van der Waals surface area (Å²) in [4.78, 5) is 21.4. The molecular weight excluding hydrogens is 482 g/mol. The minimum absolute atomic E-state index is 0.00654. The van der Waals surface area contributed by atoms with Gasteiger partial charge < -0.3 is 19.5 Å². The lowest BCUT2D eigenvalue weighted by atomic mass is 10.1. The van der Waals surface area contributed by atoms with Gasteiger partial charge in [0.1, 0.15) is 23.0 Å². The number of fused-ring (bicyclic) bond motifs is 2. The number of carbonyl (C=O) groups is 1. The van der Waals surface area contributed by atoms with Crippen LogP contribution in [0.4, 0.5) is 23.5 Å². The standard InChI is InChI=1S/C23H23F4N7O2/c1-11-28-20-15(24)6-13(7-18(20)33(11)10-19(26)27)14-4-5-34-21(14)22(36-3)30-23(31-34)29-17-9-32(12(2)35)8-16(17)25/h4-7,16-17,19H,8-10H2,1-3H3,(H,29,31)/t16-,17+/m1/s1. The second-order valence-electron chi connectivity index (χ2n) is 8.64. The Bertz CT molecular complexity index is 1470. The molecule has 0 saturated carbocycles. The van der Waals surface area contributed by atoms with Gasteiger partial charge in [-0.3, -0.25) is 4.79 Å². The Balaban J connectivity index is 1.55. The molecule has 1 saturated heterocycles. The van der Waals surface area contributed by atoms with Crippen molar-refractivity contribution < 1.29 is 27.1 Å². The number of anilines is 1. The molecule has 5 rings (SSSR count). The lowest BCUT2D eigenvalue weighted by molar-refractivity contribution is -0.128. The van der Waals surface area contributed by atoms with Crippen molar-refractivity contribution >= 4 is 28.4 Å². The number of halogens is 4. The second kappa shape index (κ2) is 8.95. The topological polar surface area (TPSA) is 89.6 Å². The number of alkyl halides is 3. The molecular formula is C23H23F4N7O2. The van der Waals surface area contributed by atoms with Crippen LogP contribution < -0.4 is 10.1 Å². The highest BCUT2D eigenvalue weighted by atomic mass is 19.3. The Morgan fingerprint density at radius 3 is 2.72 bits per heavy atom. The van der Waals surface area contributed by atoms with E-state index in [4.69, 9.17) is 4.74 Å². The average molecular weight is 505 g/mol. The van der Waals surface area contributed by atoms with E-state index in [0.717, 1.165) is 0 Å². The number of amides is 1. The van der Waals surface area contributed by atoms with Crippen LogP contribution in [0.5, 0.6) is 5.88 Å². The summed E-state index contributed by atoms with van der Waals surface area (Å²) in [6.45, 7) is 2.46. The van der Waals surface area contributed by atoms with E-state index in [1.807, 2.05) is 0 Å². The highest BCUT2D eigenvalue weighted by molar-refractivity contribution is 5.90. The summed E-state index contributed by atoms with van der Waals surface area (Å²) in [7, 11) is 1.40. The van der Waals surface area contributed by atoms with Crippen molar-refractivity contribution in [1.29, 1.82) is 0 Å². The Morgan fingerprint density at radius 1 is 1.28 bits per heavy atom. The smallest absolute Gasteiger partial charge is 0.256 e. The van der Waals surface area contributed by atoms with Gasteiger partial charge in [-0.15, -0.1) is 5.10 Å². The minimum Gasteiger partial charge on any atom is -0.479 e. The molecule has 4 heterocycles. The third kappa shape index (κ3) is 4.07. The molecule has 1 N–H and O–H groups in total. The molecule has 0 unspecified atom stereocenters. The zero-order valence-corrected chi connectivity index (χ0v) is 19.7. The maximum atomic E-state index is 15.0. The van der Waals surface area contributed by atoms with Gasteiger partial charge in [-0.25, -0.2) is 27.1 Å². The van der Waals surface area contributed by atoms with Crippen LogP contribution in [-0.2, 0) is 11.3 Å². The zero-order chi connectivity index (χ0) is 25.7. The lowest BCUT2D eigenvalue weighted by Gasteiger charge is -2.16. The Morgan fingerprint density at radius 2 is 2.06 bits per heavy atom. The molecule has 0 radical (unpaired) electrons. The van der Waals surface area contributed by atoms with Gasteiger partial charge in [0.05, 0.1) is 31.8 Å². The van der Waals surface area contributed by atoms with Crippen molar-refractivity contribution in [2.45, 2.75) is 39.0 Å². The fourth-order valence-electron chi connectivity index (χ4n) is 4.57. The summed E-state index contributed by atoms with van der Waals surface area (Å²) < 4.78 is 63.9. The second-order valence-corrected chi connectivity index (χ2v) is 8.64. The first kappa shape index (κ1) is 23.8. The van der Waals surface area contributed by atoms with Crippen LogP contribution in [0, 0.1) is 12.7 Å². The van der Waals surface area contributed by atoms with Crippen LogP contribution in [0.15, 0.2) is 24.4 Å². The van der Waals surface area contributed by atoms with Gasteiger partial charge >= 0.3 is 0 Å². The largest absolute Gasteiger partial charge is 0.479 e. The van der Waals surface area contributed by atoms with E-state index >= 15 is 0 Å². The highest BCUT2D eigenvalue weighted by Gasteiger charge is 2.35. The third-order valence-corrected chi connectivity index (χ3v) is 6.31. The van der Waals surface area contributed by atoms with E-state index < -0.39 is 31.0 Å². The summed E-state index contributed by atoms with van der Waals surface area (Å²) in [5, 5.41) is 7.30. The first-order valence-corrected chi connectivity index (χ1v) is 11.2. The van der Waals surface area contributed by atoms with Crippen molar-refractivity contribution in [1.82, 2.24) is 29.0 Å². The summed E-state index contributed by atoms with van der Waals surface area (Å²) in [6.07, 6.45) is -2.32. The number of nitrogens with one attached hydrogen (secondary N) is 1. The van der Waals surface area contributed by atoms with Gasteiger partial charge in [0.25, 0.3) is 6.43 Å². The molecule has 1 aliphatic heterocycles. The number of likely N-dealkylation sites (tertiary alicyclic amines) is 1. The average Bonchev–Trinajstić information content (AvgIpc) is 3.50. The van der Waals surface area contributed by atoms with E-state index in [-0.39, 0.29) is 47.7 Å². The molecule has 0 spiro atoms. The lowest BCUT2D eigenvalue weighted by Crippen LogP contribution is -2.32. The van der Waals surface area contributed by atoms with Crippen LogP contribution in [0.25, 0.3) is 27.7 Å². The molecule has 4 aromatic rings. The molecule has 1 aliphatic rings. The highest BCUT2D eigenvalue weighted by Crippen LogP contribution is 2.34. The first-order chi connectivity index (χ1) is 17.2. The Kier molecular flexibility index (Phi) is 5.92. The number of hydrogen-bond acceptors (Lipinski definition) is 6. The monoisotopic (exact) mass is 505 g/mol. The van der Waals surface area contributed by atoms with Crippen LogP contribution in [0.1, 0.15) is 12.7 Å². The number of hydrogen-bond donors (Lipinski definition) is 1. The zero-order valence-electron chi connectivity index (χ0n) is 19.7. The van der Waals surface area contributed by atoms with Gasteiger partial charge in [0, 0.05) is 25.2 Å². The maximum Gasteiger partial charge on any atom is 0.256 e. The van der Waals surface area contributed by atoms with Crippen molar-refractivity contribution in [3.8, 4) is 17.0 Å². The number of benzene rings is 1. The molecule has 1 fully saturated rings. The van der Waals surface area contributed by atoms with E-state index in [2.05, 4.69) is 20.4 Å². The molecule has 0 bridgehead atoms. The molecule has 1 amide bonds. The number of imidazole rings is 1. The molecule has 1 aromatic carbocycles. The fraction of sp³-hybridized carbons (Fsp3) is 0.391. The van der Waals surface area contributed by atoms with Crippen molar-refractivity contribution in [3.63, 3.8) is 0 Å². The van der Waals surface area contributed by atoms with Gasteiger partial charge in [-0.05, 0) is 30.7 Å². The summed E-state index contributed by atoms with van der Waals surface area (Å²) in [6, 6.07) is 3.83. The quantitative estimate of drug-likeness (QED) is 0.404. The van der Waals surface area contributed by atoms with Crippen LogP contribution in [-0.4, -0.2) is 73.8 Å². The van der Waals surface area contributed by atoms with Crippen LogP contribution >= 0.6 is 0 Å². The number of ether oxygens (including phenoxy) is 1. The van der Waals surface area contributed by atoms with E-state index in [1.54, 1.807) is 25.3 Å². The summed E-state index contributed by atoms with van der Waals surface area (Å²) in [5.41, 5.74) is 1.57. The third-order valence-electron chi connectivity index (χ3n) is 6.31. The van der Waals surface area contributed by atoms with Crippen molar-refractivity contribution in [2.24, 2.45) is 0 Å². The molecule has 9 nitrogen and oxygen atoms in total. The predicted octanol–water partition coefficient (Wildman–Crippen LogP) is 3.45. The number of methoxy groups -OCH3 is 1. The van der Waals surface area contributed by atoms with Gasteiger partial charge in [-0.1, -0.05) is 0 Å². The SMILES string of the molecule is COc1nc(N[C@H]2CN(C(C)=O)C[C@H]2F)nn2ccc(-c3cc(F)c4nc(C)n(CC(F)F)c4c3)c12. The molecule has 36 heavy (non-hydrogen) atoms. The molecule has 0 aliphatic carbocycles. The number of aryl methyl sites for hydroxylation is 1. The summed E-state index contributed by atoms with van der Waals surface area (Å²) >= 11 is 0. The number of aromatic nitrogens is 5. The van der Waals surface area contributed by atoms with Gasteiger partial charge in [-0.2, -0.15) is 4.98 Å². The molecule has 2 atom stereocenters. The van der Waals surface area contributed by atoms with Crippen molar-refractivity contribution in [2.75, 3.05) is 25.5 Å². The maximum absolute atomic E-state index is 15.0. The summed E-state index contributed by atoms with van der Waals surface area (Å²) in [5.74, 6) is -0.364. The minimum atomic E-state index is -2.63. The number of carbonyl (C=O) groups excluding carboxylic acids is 1. The van der Waals surface area contributed by atoms with E-state index in [9.17, 15) is 22.4 Å². The van der Waals surface area contributed by atoms with E-state index in [1.165, 1.54) is 34.1 Å². The normalized spacial score (nSPS) is 18.1. The Labute approximate surface area is 202 Å². The first-order valence-electron chi connectivity index (χ1n) is 11.2. The fourth-order valence-corrected chi connectivity index (χ4v) is 4.57. The Hall–Kier alpha value is -3.90. The van der Waals surface area contributed by atoms with Crippen molar-refractivity contribution in [3.05, 3.63) is 36.0 Å². The predicted molar refractivity (Wildman–Crippen MR) is 124 cm³/mol. The molecule has 3 aromatic heterocycles. The van der Waals surface area contributed by atoms with E-state index in [0.29, 0.717) is 16.6 Å². The number of rotatable bonds is 6. The van der Waals surface area contributed by atoms with Gasteiger partial charge in [0.15, 0.2) is 5.82 Å². The van der Waals surface area contributed by atoms with Crippen LogP contribution in [0.2, 0.25) is 0 Å². The molecule has 190 valence electrons. The number of nitrogens with zero attached hydrogens (tertiary/aromatic N) is 6. The van der Waals surface area contributed by atoms with Gasteiger partial charge in [0.2, 0.25) is 17.7 Å². The molecule has 13 heteroatoms.